The van der Waals surface area contributed by atoms with Gasteiger partial charge >= 0.3 is 6.09 Å². The summed E-state index contributed by atoms with van der Waals surface area (Å²) >= 11 is 0. The van der Waals surface area contributed by atoms with Crippen molar-refractivity contribution in [1.82, 2.24) is 0 Å². The zero-order valence-corrected chi connectivity index (χ0v) is 10.9. The van der Waals surface area contributed by atoms with E-state index in [-0.39, 0.29) is 0 Å². The highest BCUT2D eigenvalue weighted by Crippen LogP contribution is 2.18. The minimum atomic E-state index is -0.602. The van der Waals surface area contributed by atoms with Gasteiger partial charge in [-0.25, -0.2) is 4.79 Å². The fraction of sp³-hybridized carbons (Fsp3) is 0.385. The molecule has 0 heterocycles. The molecule has 0 saturated heterocycles. The van der Waals surface area contributed by atoms with E-state index in [1.807, 2.05) is 6.07 Å². The van der Waals surface area contributed by atoms with Crippen molar-refractivity contribution in [3.8, 4) is 6.07 Å². The Labute approximate surface area is 106 Å². The summed E-state index contributed by atoms with van der Waals surface area (Å²) in [5, 5.41) is 9.73. The molecule has 0 aliphatic heterocycles. The third-order valence-corrected chi connectivity index (χ3v) is 1.97. The summed E-state index contributed by atoms with van der Waals surface area (Å²) in [7, 11) is 1.38. The van der Waals surface area contributed by atoms with E-state index in [9.17, 15) is 4.79 Å². The molecule has 1 amide bonds. The normalized spacial score (nSPS) is 10.6. The lowest BCUT2D eigenvalue weighted by Gasteiger charge is -2.25. The Balaban J connectivity index is 2.89. The molecule has 1 aromatic rings. The molecule has 0 radical (unpaired) electrons. The van der Waals surface area contributed by atoms with Crippen molar-refractivity contribution < 1.29 is 14.4 Å². The molecule has 0 N–H and O–H groups in total. The van der Waals surface area contributed by atoms with Crippen LogP contribution in [-0.2, 0) is 9.57 Å². The topological polar surface area (TPSA) is 62.6 Å². The van der Waals surface area contributed by atoms with Crippen LogP contribution < -0.4 is 5.06 Å². The number of anilines is 1. The highest BCUT2D eigenvalue weighted by Gasteiger charge is 2.23. The second-order valence-corrected chi connectivity index (χ2v) is 4.62. The van der Waals surface area contributed by atoms with Crippen molar-refractivity contribution in [2.45, 2.75) is 26.4 Å². The molecule has 0 aliphatic rings. The van der Waals surface area contributed by atoms with Gasteiger partial charge in [-0.05, 0) is 45.0 Å². The van der Waals surface area contributed by atoms with E-state index >= 15 is 0 Å². The molecule has 18 heavy (non-hydrogen) atoms. The SMILES string of the molecule is CON(C(=O)OC(C)(C)C)c1ccc(C#N)cc1. The maximum atomic E-state index is 11.9. The van der Waals surface area contributed by atoms with E-state index in [1.54, 1.807) is 45.0 Å². The van der Waals surface area contributed by atoms with Crippen LogP contribution >= 0.6 is 0 Å². The fourth-order valence-corrected chi connectivity index (χ4v) is 1.26. The zero-order chi connectivity index (χ0) is 13.8. The van der Waals surface area contributed by atoms with E-state index in [1.165, 1.54) is 7.11 Å². The van der Waals surface area contributed by atoms with Gasteiger partial charge in [0.25, 0.3) is 0 Å². The first-order valence-electron chi connectivity index (χ1n) is 5.45. The second kappa shape index (κ2) is 5.52. The van der Waals surface area contributed by atoms with Gasteiger partial charge in [0.2, 0.25) is 0 Å². The third-order valence-electron chi connectivity index (χ3n) is 1.97. The molecule has 0 aliphatic carbocycles. The number of benzene rings is 1. The van der Waals surface area contributed by atoms with E-state index in [0.29, 0.717) is 11.3 Å². The fourth-order valence-electron chi connectivity index (χ4n) is 1.26. The van der Waals surface area contributed by atoms with Crippen molar-refractivity contribution in [1.29, 1.82) is 5.26 Å². The highest BCUT2D eigenvalue weighted by atomic mass is 16.7. The molecule has 5 nitrogen and oxygen atoms in total. The van der Waals surface area contributed by atoms with E-state index < -0.39 is 11.7 Å². The quantitative estimate of drug-likeness (QED) is 0.755. The summed E-state index contributed by atoms with van der Waals surface area (Å²) in [4.78, 5) is 16.9. The van der Waals surface area contributed by atoms with Crippen LogP contribution in [0.5, 0.6) is 0 Å². The van der Waals surface area contributed by atoms with Crippen molar-refractivity contribution in [2.24, 2.45) is 0 Å². The molecule has 96 valence electrons. The Kier molecular flexibility index (Phi) is 4.29. The lowest BCUT2D eigenvalue weighted by Crippen LogP contribution is -2.36. The largest absolute Gasteiger partial charge is 0.442 e. The minimum absolute atomic E-state index is 0.505. The first-order valence-corrected chi connectivity index (χ1v) is 5.45. The Morgan fingerprint density at radius 1 is 1.28 bits per heavy atom. The number of hydroxylamine groups is 1. The Morgan fingerprint density at radius 2 is 1.83 bits per heavy atom. The van der Waals surface area contributed by atoms with Crippen LogP contribution in [0.15, 0.2) is 24.3 Å². The smallest absolute Gasteiger partial charge is 0.439 e. The predicted molar refractivity (Wildman–Crippen MR) is 66.9 cm³/mol. The molecule has 5 heteroatoms. The molecular weight excluding hydrogens is 232 g/mol. The van der Waals surface area contributed by atoms with Gasteiger partial charge in [0.15, 0.2) is 0 Å². The van der Waals surface area contributed by atoms with Gasteiger partial charge < -0.3 is 4.74 Å². The van der Waals surface area contributed by atoms with Crippen molar-refractivity contribution in [3.63, 3.8) is 0 Å². The number of amides is 1. The molecule has 1 rings (SSSR count). The summed E-state index contributed by atoms with van der Waals surface area (Å²) in [5.41, 5.74) is 0.422. The van der Waals surface area contributed by atoms with Crippen molar-refractivity contribution in [2.75, 3.05) is 12.2 Å². The number of carbonyl (C=O) groups is 1. The predicted octanol–water partition coefficient (Wildman–Crippen LogP) is 2.86. The highest BCUT2D eigenvalue weighted by molar-refractivity contribution is 5.85. The number of rotatable bonds is 2. The molecule has 0 atom stereocenters. The number of nitrogens with zero attached hydrogens (tertiary/aromatic N) is 2. The Morgan fingerprint density at radius 3 is 2.22 bits per heavy atom. The molecule has 0 unspecified atom stereocenters. The lowest BCUT2D eigenvalue weighted by molar-refractivity contribution is 0.0328. The van der Waals surface area contributed by atoms with Crippen LogP contribution in [0.25, 0.3) is 0 Å². The maximum Gasteiger partial charge on any atom is 0.439 e. The summed E-state index contributed by atoms with van der Waals surface area (Å²) in [6.07, 6.45) is -0.602. The Bertz CT molecular complexity index is 455. The minimum Gasteiger partial charge on any atom is -0.442 e. The van der Waals surface area contributed by atoms with Gasteiger partial charge in [0.1, 0.15) is 5.60 Å². The van der Waals surface area contributed by atoms with Crippen molar-refractivity contribution >= 4 is 11.8 Å². The molecule has 1 aromatic carbocycles. The monoisotopic (exact) mass is 248 g/mol. The van der Waals surface area contributed by atoms with Crippen LogP contribution in [0, 0.1) is 11.3 Å². The number of ether oxygens (including phenoxy) is 1. The van der Waals surface area contributed by atoms with Gasteiger partial charge in [0, 0.05) is 0 Å². The van der Waals surface area contributed by atoms with Crippen LogP contribution in [0.1, 0.15) is 26.3 Å². The molecule has 0 aromatic heterocycles. The van der Waals surface area contributed by atoms with Crippen LogP contribution in [0.3, 0.4) is 0 Å². The van der Waals surface area contributed by atoms with Gasteiger partial charge in [-0.3, -0.25) is 4.84 Å². The maximum absolute atomic E-state index is 11.9. The summed E-state index contributed by atoms with van der Waals surface area (Å²) in [5.74, 6) is 0. The first kappa shape index (κ1) is 14.0. The van der Waals surface area contributed by atoms with E-state index in [2.05, 4.69) is 0 Å². The molecule has 0 spiro atoms. The Hall–Kier alpha value is -2.06. The molecule has 0 bridgehead atoms. The van der Waals surface area contributed by atoms with E-state index in [0.717, 1.165) is 5.06 Å². The molecule has 0 fully saturated rings. The standard InChI is InChI=1S/C13H16N2O3/c1-13(2,3)18-12(16)15(17-4)11-7-5-10(9-14)6-8-11/h5-8H,1-4H3. The number of hydrogen-bond donors (Lipinski definition) is 0. The third kappa shape index (κ3) is 3.75. The molecular formula is C13H16N2O3. The van der Waals surface area contributed by atoms with Crippen molar-refractivity contribution in [3.05, 3.63) is 29.8 Å². The van der Waals surface area contributed by atoms with Gasteiger partial charge in [-0.1, -0.05) is 0 Å². The van der Waals surface area contributed by atoms with Crippen LogP contribution in [-0.4, -0.2) is 18.8 Å². The summed E-state index contributed by atoms with van der Waals surface area (Å²) in [6.45, 7) is 5.33. The van der Waals surface area contributed by atoms with Gasteiger partial charge in [-0.2, -0.15) is 10.3 Å². The zero-order valence-electron chi connectivity index (χ0n) is 10.9. The van der Waals surface area contributed by atoms with Gasteiger partial charge in [0.05, 0.1) is 24.4 Å². The summed E-state index contributed by atoms with van der Waals surface area (Å²) < 4.78 is 5.20. The average molecular weight is 248 g/mol. The van der Waals surface area contributed by atoms with Gasteiger partial charge in [-0.15, -0.1) is 0 Å². The number of carbonyl (C=O) groups excluding carboxylic acids is 1. The number of hydrogen-bond acceptors (Lipinski definition) is 4. The second-order valence-electron chi connectivity index (χ2n) is 4.62. The molecule has 0 saturated carbocycles. The van der Waals surface area contributed by atoms with E-state index in [4.69, 9.17) is 14.8 Å². The number of nitriles is 1. The van der Waals surface area contributed by atoms with Crippen LogP contribution in [0.2, 0.25) is 0 Å². The van der Waals surface area contributed by atoms with Crippen LogP contribution in [0.4, 0.5) is 10.5 Å². The lowest BCUT2D eigenvalue weighted by atomic mass is 10.2. The first-order chi connectivity index (χ1) is 8.37. The summed E-state index contributed by atoms with van der Waals surface area (Å²) in [6, 6.07) is 8.44. The average Bonchev–Trinajstić information content (AvgIpc) is 2.28.